The van der Waals surface area contributed by atoms with Crippen molar-refractivity contribution in [3.05, 3.63) is 86.0 Å². The lowest BCUT2D eigenvalue weighted by Crippen LogP contribution is -2.27. The second-order valence-corrected chi connectivity index (χ2v) is 8.59. The van der Waals surface area contributed by atoms with Gasteiger partial charge in [0.25, 0.3) is 11.6 Å². The number of thiocarbonyl (C=S) groups is 1. The van der Waals surface area contributed by atoms with Crippen LogP contribution in [0.3, 0.4) is 0 Å². The molecule has 3 aromatic rings. The van der Waals surface area contributed by atoms with E-state index < -0.39 is 4.92 Å². The van der Waals surface area contributed by atoms with Crippen LogP contribution in [0.4, 0.5) is 11.4 Å². The lowest BCUT2D eigenvalue weighted by molar-refractivity contribution is -0.384. The number of furan rings is 1. The van der Waals surface area contributed by atoms with Crippen LogP contribution in [0.15, 0.2) is 63.9 Å². The van der Waals surface area contributed by atoms with Gasteiger partial charge in [0.05, 0.1) is 21.1 Å². The van der Waals surface area contributed by atoms with E-state index in [1.54, 1.807) is 24.3 Å². The van der Waals surface area contributed by atoms with Gasteiger partial charge in [-0.2, -0.15) is 0 Å². The largest absolute Gasteiger partial charge is 0.456 e. The Hall–Kier alpha value is -2.94. The number of carbonyl (C=O) groups is 1. The smallest absolute Gasteiger partial charge is 0.281 e. The molecule has 2 aromatic carbocycles. The normalized spacial score (nSPS) is 15.3. The predicted molar refractivity (Wildman–Crippen MR) is 123 cm³/mol. The molecule has 1 aliphatic heterocycles. The first kappa shape index (κ1) is 20.3. The Bertz CT molecular complexity index is 1220. The maximum Gasteiger partial charge on any atom is 0.281 e. The predicted octanol–water partition coefficient (Wildman–Crippen LogP) is 6.22. The first-order chi connectivity index (χ1) is 14.3. The number of hydrogen-bond acceptors (Lipinski definition) is 6. The van der Waals surface area contributed by atoms with Crippen LogP contribution in [0.5, 0.6) is 0 Å². The van der Waals surface area contributed by atoms with Gasteiger partial charge in [-0.05, 0) is 43.3 Å². The summed E-state index contributed by atoms with van der Waals surface area (Å²) >= 11 is 12.4. The van der Waals surface area contributed by atoms with Gasteiger partial charge in [-0.25, -0.2) is 0 Å². The van der Waals surface area contributed by atoms with E-state index in [0.29, 0.717) is 32.0 Å². The van der Waals surface area contributed by atoms with Gasteiger partial charge < -0.3 is 4.42 Å². The number of benzene rings is 2. The molecule has 6 nitrogen and oxygen atoms in total. The molecule has 30 heavy (non-hydrogen) atoms. The molecule has 0 spiro atoms. The number of carbonyl (C=O) groups excluding carboxylic acids is 1. The summed E-state index contributed by atoms with van der Waals surface area (Å²) in [6.07, 6.45) is 1.58. The second kappa shape index (κ2) is 8.06. The monoisotopic (exact) mass is 456 g/mol. The molecule has 4 rings (SSSR count). The molecule has 0 N–H and O–H groups in total. The van der Waals surface area contributed by atoms with E-state index in [1.807, 2.05) is 31.2 Å². The topological polar surface area (TPSA) is 76.6 Å². The van der Waals surface area contributed by atoms with Crippen LogP contribution in [0.2, 0.25) is 5.02 Å². The van der Waals surface area contributed by atoms with Gasteiger partial charge in [0, 0.05) is 17.2 Å². The lowest BCUT2D eigenvalue weighted by Gasteiger charge is -2.14. The lowest BCUT2D eigenvalue weighted by atomic mass is 10.1. The van der Waals surface area contributed by atoms with Gasteiger partial charge >= 0.3 is 0 Å². The highest BCUT2D eigenvalue weighted by Gasteiger charge is 2.33. The number of halogens is 1. The summed E-state index contributed by atoms with van der Waals surface area (Å²) in [5, 5.41) is 11.6. The number of aryl methyl sites for hydroxylation is 1. The van der Waals surface area contributed by atoms with Gasteiger partial charge in [-0.3, -0.25) is 19.8 Å². The van der Waals surface area contributed by atoms with Gasteiger partial charge in [0.15, 0.2) is 4.32 Å². The van der Waals surface area contributed by atoms with E-state index in [-0.39, 0.29) is 16.6 Å². The number of anilines is 1. The molecule has 1 amide bonds. The number of hydrogen-bond donors (Lipinski definition) is 0. The highest BCUT2D eigenvalue weighted by Crippen LogP contribution is 2.38. The van der Waals surface area contributed by atoms with Crippen LogP contribution in [0.1, 0.15) is 11.3 Å². The van der Waals surface area contributed by atoms with Gasteiger partial charge in [0.1, 0.15) is 11.5 Å². The number of amides is 1. The maximum absolute atomic E-state index is 12.9. The highest BCUT2D eigenvalue weighted by atomic mass is 35.5. The van der Waals surface area contributed by atoms with Crippen LogP contribution in [0.25, 0.3) is 17.4 Å². The molecule has 150 valence electrons. The average molecular weight is 457 g/mol. The second-order valence-electron chi connectivity index (χ2n) is 6.47. The zero-order chi connectivity index (χ0) is 21.4. The molecule has 0 saturated carbocycles. The molecule has 9 heteroatoms. The fraction of sp³-hybridized carbons (Fsp3) is 0.0476. The number of nitro benzene ring substituents is 1. The summed E-state index contributed by atoms with van der Waals surface area (Å²) in [5.41, 5.74) is 1.92. The van der Waals surface area contributed by atoms with Crippen molar-refractivity contribution in [1.29, 1.82) is 0 Å². The van der Waals surface area contributed by atoms with Crippen LogP contribution in [-0.4, -0.2) is 15.2 Å². The van der Waals surface area contributed by atoms with E-state index in [1.165, 1.54) is 28.8 Å². The van der Waals surface area contributed by atoms with Crippen molar-refractivity contribution >= 4 is 63.3 Å². The van der Waals surface area contributed by atoms with Crippen LogP contribution in [-0.2, 0) is 4.79 Å². The summed E-state index contributed by atoms with van der Waals surface area (Å²) in [6, 6.07) is 15.1. The third kappa shape index (κ3) is 3.89. The van der Waals surface area contributed by atoms with E-state index in [0.717, 1.165) is 5.56 Å². The molecule has 1 aromatic heterocycles. The van der Waals surface area contributed by atoms with Crippen LogP contribution >= 0.6 is 35.6 Å². The summed E-state index contributed by atoms with van der Waals surface area (Å²) in [7, 11) is 0. The van der Waals surface area contributed by atoms with Crippen molar-refractivity contribution in [2.24, 2.45) is 0 Å². The number of nitrogens with zero attached hydrogens (tertiary/aromatic N) is 2. The molecule has 1 fully saturated rings. The summed E-state index contributed by atoms with van der Waals surface area (Å²) < 4.78 is 6.18. The molecule has 0 radical (unpaired) electrons. The highest BCUT2D eigenvalue weighted by molar-refractivity contribution is 8.27. The number of rotatable bonds is 4. The molecule has 0 aliphatic carbocycles. The number of nitro groups is 1. The quantitative estimate of drug-likeness (QED) is 0.201. The van der Waals surface area contributed by atoms with Gasteiger partial charge in [0.2, 0.25) is 0 Å². The fourth-order valence-corrected chi connectivity index (χ4v) is 4.40. The summed E-state index contributed by atoms with van der Waals surface area (Å²) in [6.45, 7) is 1.97. The average Bonchev–Trinajstić information content (AvgIpc) is 3.27. The summed E-state index contributed by atoms with van der Waals surface area (Å²) in [4.78, 5) is 25.6. The molecule has 0 atom stereocenters. The van der Waals surface area contributed by atoms with Crippen molar-refractivity contribution < 1.29 is 14.1 Å². The Labute approximate surface area is 186 Å². The van der Waals surface area contributed by atoms with E-state index in [4.69, 9.17) is 28.2 Å². The maximum atomic E-state index is 12.9. The molecule has 0 bridgehead atoms. The number of thioether (sulfide) groups is 1. The minimum atomic E-state index is -0.518. The Balaban J connectivity index is 1.64. The van der Waals surface area contributed by atoms with Gasteiger partial charge in [-0.15, -0.1) is 0 Å². The minimum absolute atomic E-state index is 0.158. The van der Waals surface area contributed by atoms with Crippen molar-refractivity contribution in [1.82, 2.24) is 0 Å². The van der Waals surface area contributed by atoms with Gasteiger partial charge in [-0.1, -0.05) is 53.3 Å². The van der Waals surface area contributed by atoms with Crippen molar-refractivity contribution in [2.75, 3.05) is 4.90 Å². The molecule has 2 heterocycles. The van der Waals surface area contributed by atoms with Crippen molar-refractivity contribution in [2.45, 2.75) is 6.92 Å². The van der Waals surface area contributed by atoms with E-state index in [9.17, 15) is 14.9 Å². The zero-order valence-electron chi connectivity index (χ0n) is 15.5. The van der Waals surface area contributed by atoms with Crippen LogP contribution in [0, 0.1) is 17.0 Å². The molecule has 1 saturated heterocycles. The first-order valence-electron chi connectivity index (χ1n) is 8.72. The Morgan fingerprint density at radius 1 is 1.17 bits per heavy atom. The third-order valence-electron chi connectivity index (χ3n) is 4.41. The zero-order valence-corrected chi connectivity index (χ0v) is 17.9. The van der Waals surface area contributed by atoms with E-state index in [2.05, 4.69) is 0 Å². The standard InChI is InChI=1S/C21H13ClN2O4S2/c1-12-2-5-14(6-3-12)23-20(25)19(30-21(23)29)11-15-7-9-18(28-15)16-8-4-13(22)10-17(16)24(26)27/h2-11H,1H3/b19-11-. The molecule has 1 aliphatic rings. The summed E-state index contributed by atoms with van der Waals surface area (Å²) in [5.74, 6) is 0.446. The Morgan fingerprint density at radius 2 is 1.90 bits per heavy atom. The first-order valence-corrected chi connectivity index (χ1v) is 10.3. The van der Waals surface area contributed by atoms with Crippen molar-refractivity contribution in [3.63, 3.8) is 0 Å². The Kier molecular flexibility index (Phi) is 5.46. The molecule has 0 unspecified atom stereocenters. The molecular weight excluding hydrogens is 444 g/mol. The molecular formula is C21H13ClN2O4S2. The van der Waals surface area contributed by atoms with E-state index >= 15 is 0 Å². The SMILES string of the molecule is Cc1ccc(N2C(=O)/C(=C/c3ccc(-c4ccc(Cl)cc4[N+](=O)[O-])o3)SC2=S)cc1. The minimum Gasteiger partial charge on any atom is -0.456 e. The van der Waals surface area contributed by atoms with Crippen molar-refractivity contribution in [3.8, 4) is 11.3 Å². The Morgan fingerprint density at radius 3 is 2.60 bits per heavy atom. The third-order valence-corrected chi connectivity index (χ3v) is 5.95. The fourth-order valence-electron chi connectivity index (χ4n) is 2.95. The van der Waals surface area contributed by atoms with Crippen LogP contribution < -0.4 is 4.90 Å².